The molecule has 3 nitrogen and oxygen atoms in total. The van der Waals surface area contributed by atoms with Gasteiger partial charge in [-0.25, -0.2) is 4.98 Å². The molecule has 0 bridgehead atoms. The molecule has 0 aliphatic carbocycles. The molecule has 0 amide bonds. The zero-order valence-corrected chi connectivity index (χ0v) is 15.2. The van der Waals surface area contributed by atoms with E-state index < -0.39 is 0 Å². The highest BCUT2D eigenvalue weighted by Crippen LogP contribution is 2.28. The number of halogens is 1. The van der Waals surface area contributed by atoms with Crippen LogP contribution in [-0.4, -0.2) is 9.38 Å². The maximum Gasteiger partial charge on any atom is 0.138 e. The molecule has 0 saturated carbocycles. The highest BCUT2D eigenvalue weighted by atomic mass is 35.5. The molecule has 5 aromatic rings. The summed E-state index contributed by atoms with van der Waals surface area (Å²) in [5, 5.41) is 4.06. The Morgan fingerprint density at radius 1 is 0.778 bits per heavy atom. The molecular formula is C23H16ClN3. The highest BCUT2D eigenvalue weighted by Gasteiger charge is 2.08. The molecule has 0 aliphatic rings. The van der Waals surface area contributed by atoms with Crippen molar-refractivity contribution < 1.29 is 0 Å². The van der Waals surface area contributed by atoms with Gasteiger partial charge in [-0.3, -0.25) is 4.40 Å². The van der Waals surface area contributed by atoms with Crippen LogP contribution in [0.3, 0.4) is 0 Å². The maximum atomic E-state index is 6.25. The summed E-state index contributed by atoms with van der Waals surface area (Å²) in [5.41, 5.74) is 7.14. The molecule has 3 aromatic carbocycles. The topological polar surface area (TPSA) is 29.3 Å². The Bertz CT molecular complexity index is 1260. The van der Waals surface area contributed by atoms with Crippen LogP contribution in [-0.2, 0) is 0 Å². The van der Waals surface area contributed by atoms with E-state index in [1.807, 2.05) is 54.6 Å². The molecule has 0 atom stereocenters. The minimum Gasteiger partial charge on any atom is -0.354 e. The number of para-hydroxylation sites is 1. The molecule has 130 valence electrons. The lowest BCUT2D eigenvalue weighted by molar-refractivity contribution is 1.23. The van der Waals surface area contributed by atoms with Crippen molar-refractivity contribution in [3.05, 3.63) is 96.1 Å². The van der Waals surface area contributed by atoms with Crippen molar-refractivity contribution in [3.63, 3.8) is 0 Å². The zero-order valence-electron chi connectivity index (χ0n) is 14.4. The second kappa shape index (κ2) is 6.45. The van der Waals surface area contributed by atoms with Crippen molar-refractivity contribution in [3.8, 4) is 11.1 Å². The van der Waals surface area contributed by atoms with Gasteiger partial charge in [0, 0.05) is 11.9 Å². The summed E-state index contributed by atoms with van der Waals surface area (Å²) in [7, 11) is 0. The van der Waals surface area contributed by atoms with Gasteiger partial charge in [0.15, 0.2) is 0 Å². The van der Waals surface area contributed by atoms with Crippen LogP contribution >= 0.6 is 11.6 Å². The molecule has 0 spiro atoms. The number of rotatable bonds is 3. The zero-order chi connectivity index (χ0) is 18.2. The van der Waals surface area contributed by atoms with Crippen LogP contribution in [0.1, 0.15) is 0 Å². The van der Waals surface area contributed by atoms with E-state index >= 15 is 0 Å². The summed E-state index contributed by atoms with van der Waals surface area (Å²) in [6, 6.07) is 28.5. The number of imidazole rings is 1. The fourth-order valence-corrected chi connectivity index (χ4v) is 3.51. The SMILES string of the molecule is Clc1ccccc1Nc1ccc2c(c1)nc1cc(-c3ccccc3)ccn12. The normalized spacial score (nSPS) is 11.1. The Morgan fingerprint density at radius 3 is 2.44 bits per heavy atom. The molecule has 2 aromatic heterocycles. The summed E-state index contributed by atoms with van der Waals surface area (Å²) in [5.74, 6) is 0. The fourth-order valence-electron chi connectivity index (χ4n) is 3.32. The van der Waals surface area contributed by atoms with Crippen LogP contribution in [0.5, 0.6) is 0 Å². The molecular weight excluding hydrogens is 354 g/mol. The molecule has 4 heteroatoms. The van der Waals surface area contributed by atoms with Crippen molar-refractivity contribution in [2.75, 3.05) is 5.32 Å². The summed E-state index contributed by atoms with van der Waals surface area (Å²) in [6.45, 7) is 0. The molecule has 5 rings (SSSR count). The third-order valence-electron chi connectivity index (χ3n) is 4.66. The van der Waals surface area contributed by atoms with Crippen LogP contribution in [0.4, 0.5) is 11.4 Å². The number of nitrogens with one attached hydrogen (secondary N) is 1. The number of fused-ring (bicyclic) bond motifs is 3. The van der Waals surface area contributed by atoms with Crippen molar-refractivity contribution >= 4 is 39.7 Å². The van der Waals surface area contributed by atoms with Crippen molar-refractivity contribution in [2.45, 2.75) is 0 Å². The van der Waals surface area contributed by atoms with Crippen LogP contribution in [0.25, 0.3) is 27.8 Å². The summed E-state index contributed by atoms with van der Waals surface area (Å²) in [6.07, 6.45) is 2.08. The van der Waals surface area contributed by atoms with Crippen LogP contribution in [0.15, 0.2) is 91.1 Å². The largest absolute Gasteiger partial charge is 0.354 e. The Kier molecular flexibility index (Phi) is 3.80. The molecule has 2 heterocycles. The Labute approximate surface area is 161 Å². The van der Waals surface area contributed by atoms with E-state index in [0.717, 1.165) is 33.6 Å². The Balaban J connectivity index is 1.57. The van der Waals surface area contributed by atoms with Crippen molar-refractivity contribution in [2.24, 2.45) is 0 Å². The van der Waals surface area contributed by atoms with E-state index in [4.69, 9.17) is 16.6 Å². The first kappa shape index (κ1) is 15.9. The third kappa shape index (κ3) is 2.92. The predicted octanol–water partition coefficient (Wildman–Crippen LogP) is 6.55. The Morgan fingerprint density at radius 2 is 1.59 bits per heavy atom. The predicted molar refractivity (Wildman–Crippen MR) is 113 cm³/mol. The second-order valence-electron chi connectivity index (χ2n) is 6.43. The third-order valence-corrected chi connectivity index (χ3v) is 4.99. The highest BCUT2D eigenvalue weighted by molar-refractivity contribution is 6.33. The monoisotopic (exact) mass is 369 g/mol. The van der Waals surface area contributed by atoms with Gasteiger partial charge >= 0.3 is 0 Å². The number of hydrogen-bond donors (Lipinski definition) is 1. The van der Waals surface area contributed by atoms with E-state index in [9.17, 15) is 0 Å². The minimum absolute atomic E-state index is 0.695. The van der Waals surface area contributed by atoms with Gasteiger partial charge in [-0.2, -0.15) is 0 Å². The molecule has 0 saturated heterocycles. The summed E-state index contributed by atoms with van der Waals surface area (Å²) >= 11 is 6.25. The van der Waals surface area contributed by atoms with Gasteiger partial charge in [0.25, 0.3) is 0 Å². The van der Waals surface area contributed by atoms with Crippen LogP contribution < -0.4 is 5.32 Å². The second-order valence-corrected chi connectivity index (χ2v) is 6.84. The van der Waals surface area contributed by atoms with Crippen molar-refractivity contribution in [1.29, 1.82) is 0 Å². The number of nitrogens with zero attached hydrogens (tertiary/aromatic N) is 2. The van der Waals surface area contributed by atoms with Gasteiger partial charge in [-0.1, -0.05) is 54.1 Å². The number of hydrogen-bond acceptors (Lipinski definition) is 2. The molecule has 0 unspecified atom stereocenters. The number of benzene rings is 3. The summed E-state index contributed by atoms with van der Waals surface area (Å²) in [4.78, 5) is 4.82. The molecule has 0 radical (unpaired) electrons. The number of pyridine rings is 1. The molecule has 1 N–H and O–H groups in total. The lowest BCUT2D eigenvalue weighted by Crippen LogP contribution is -1.91. The quantitative estimate of drug-likeness (QED) is 0.390. The van der Waals surface area contributed by atoms with Crippen LogP contribution in [0.2, 0.25) is 5.02 Å². The average molecular weight is 370 g/mol. The van der Waals surface area contributed by atoms with E-state index in [2.05, 4.69) is 46.2 Å². The number of anilines is 2. The first-order chi connectivity index (χ1) is 13.3. The fraction of sp³-hybridized carbons (Fsp3) is 0. The van der Waals surface area contributed by atoms with E-state index in [1.54, 1.807) is 0 Å². The minimum atomic E-state index is 0.695. The van der Waals surface area contributed by atoms with Gasteiger partial charge in [0.05, 0.1) is 21.7 Å². The Hall–Kier alpha value is -3.30. The standard InChI is InChI=1S/C23H16ClN3/c24-19-8-4-5-9-20(19)25-18-10-11-22-21(15-18)26-23-14-17(12-13-27(22)23)16-6-2-1-3-7-16/h1-15,25H. The molecule has 0 aliphatic heterocycles. The van der Waals surface area contributed by atoms with Gasteiger partial charge in [-0.15, -0.1) is 0 Å². The van der Waals surface area contributed by atoms with E-state index in [1.165, 1.54) is 5.56 Å². The van der Waals surface area contributed by atoms with Gasteiger partial charge < -0.3 is 5.32 Å². The smallest absolute Gasteiger partial charge is 0.138 e. The lowest BCUT2D eigenvalue weighted by Gasteiger charge is -2.08. The van der Waals surface area contributed by atoms with Crippen LogP contribution in [0, 0.1) is 0 Å². The maximum absolute atomic E-state index is 6.25. The van der Waals surface area contributed by atoms with Gasteiger partial charge in [-0.05, 0) is 53.6 Å². The van der Waals surface area contributed by atoms with E-state index in [0.29, 0.717) is 5.02 Å². The first-order valence-electron chi connectivity index (χ1n) is 8.77. The van der Waals surface area contributed by atoms with Gasteiger partial charge in [0.2, 0.25) is 0 Å². The van der Waals surface area contributed by atoms with E-state index in [-0.39, 0.29) is 0 Å². The van der Waals surface area contributed by atoms with Gasteiger partial charge in [0.1, 0.15) is 5.65 Å². The first-order valence-corrected chi connectivity index (χ1v) is 9.14. The lowest BCUT2D eigenvalue weighted by atomic mass is 10.1. The number of aromatic nitrogens is 2. The summed E-state index contributed by atoms with van der Waals surface area (Å²) < 4.78 is 2.11. The van der Waals surface area contributed by atoms with Crippen molar-refractivity contribution in [1.82, 2.24) is 9.38 Å². The molecule has 27 heavy (non-hydrogen) atoms. The average Bonchev–Trinajstić information content (AvgIpc) is 3.07. The molecule has 0 fully saturated rings.